The van der Waals surface area contributed by atoms with Gasteiger partial charge >= 0.3 is 0 Å². The summed E-state index contributed by atoms with van der Waals surface area (Å²) >= 11 is 0. The van der Waals surface area contributed by atoms with E-state index in [2.05, 4.69) is 5.32 Å². The van der Waals surface area contributed by atoms with Gasteiger partial charge in [-0.05, 0) is 37.5 Å². The quantitative estimate of drug-likeness (QED) is 0.673. The molecule has 1 amide bonds. The van der Waals surface area contributed by atoms with Crippen LogP contribution in [0.3, 0.4) is 0 Å². The van der Waals surface area contributed by atoms with Crippen LogP contribution in [-0.4, -0.2) is 30.7 Å². The molecule has 4 heteroatoms. The summed E-state index contributed by atoms with van der Waals surface area (Å²) in [6.07, 6.45) is 9.95. The van der Waals surface area contributed by atoms with Crippen LogP contribution in [0, 0.1) is 17.3 Å². The Kier molecular flexibility index (Phi) is 5.85. The molecule has 20 heavy (non-hydrogen) atoms. The summed E-state index contributed by atoms with van der Waals surface area (Å²) < 4.78 is 0. The Bertz CT molecular complexity index is 312. The molecule has 2 saturated carbocycles. The molecule has 0 bridgehead atoms. The molecule has 0 aromatic rings. The molecule has 2 aliphatic rings. The van der Waals surface area contributed by atoms with Gasteiger partial charge in [-0.1, -0.05) is 32.1 Å². The van der Waals surface area contributed by atoms with Crippen molar-refractivity contribution < 1.29 is 9.90 Å². The van der Waals surface area contributed by atoms with Gasteiger partial charge in [0.2, 0.25) is 5.91 Å². The van der Waals surface area contributed by atoms with Gasteiger partial charge in [-0.3, -0.25) is 4.79 Å². The molecule has 4 N–H and O–H groups in total. The number of hydrogen-bond acceptors (Lipinski definition) is 3. The molecule has 0 spiro atoms. The Balaban J connectivity index is 1.88. The van der Waals surface area contributed by atoms with Crippen LogP contribution in [0.1, 0.15) is 57.8 Å². The monoisotopic (exact) mass is 282 g/mol. The first-order valence-electron chi connectivity index (χ1n) is 8.31. The molecule has 0 aliphatic heterocycles. The fraction of sp³-hybridized carbons (Fsp3) is 0.938. The van der Waals surface area contributed by atoms with Crippen LogP contribution in [0.5, 0.6) is 0 Å². The van der Waals surface area contributed by atoms with Gasteiger partial charge < -0.3 is 16.2 Å². The topological polar surface area (TPSA) is 75.4 Å². The summed E-state index contributed by atoms with van der Waals surface area (Å²) in [5, 5.41) is 12.5. The minimum absolute atomic E-state index is 0.158. The van der Waals surface area contributed by atoms with E-state index in [4.69, 9.17) is 5.73 Å². The Labute approximate surface area is 122 Å². The van der Waals surface area contributed by atoms with Gasteiger partial charge in [-0.15, -0.1) is 0 Å². The smallest absolute Gasteiger partial charge is 0.227 e. The second-order valence-corrected chi connectivity index (χ2v) is 6.74. The largest absolute Gasteiger partial charge is 0.396 e. The van der Waals surface area contributed by atoms with Crippen molar-refractivity contribution in [2.45, 2.75) is 57.8 Å². The summed E-state index contributed by atoms with van der Waals surface area (Å²) in [6, 6.07) is 0. The van der Waals surface area contributed by atoms with Crippen molar-refractivity contribution in [1.82, 2.24) is 5.32 Å². The number of amides is 1. The van der Waals surface area contributed by atoms with Crippen molar-refractivity contribution in [2.24, 2.45) is 23.0 Å². The second-order valence-electron chi connectivity index (χ2n) is 6.74. The van der Waals surface area contributed by atoms with Gasteiger partial charge in [0.15, 0.2) is 0 Å². The Morgan fingerprint density at radius 3 is 2.35 bits per heavy atom. The maximum Gasteiger partial charge on any atom is 0.227 e. The zero-order valence-corrected chi connectivity index (χ0v) is 12.6. The van der Waals surface area contributed by atoms with Crippen molar-refractivity contribution in [1.29, 1.82) is 0 Å². The number of rotatable bonds is 5. The average Bonchev–Trinajstić information content (AvgIpc) is 2.79. The standard InChI is InChI=1S/C16H30N2O2/c17-12-16(8-3-1-2-4-9-16)15(20)18-10-13-6-5-7-14(13)11-19/h13-14,19H,1-12,17H2,(H,18,20). The van der Waals surface area contributed by atoms with Crippen LogP contribution >= 0.6 is 0 Å². The minimum atomic E-state index is -0.330. The lowest BCUT2D eigenvalue weighted by atomic mass is 9.79. The molecule has 0 aromatic heterocycles. The molecule has 0 radical (unpaired) electrons. The summed E-state index contributed by atoms with van der Waals surface area (Å²) in [5.74, 6) is 0.980. The third kappa shape index (κ3) is 3.53. The van der Waals surface area contributed by atoms with E-state index in [0.717, 1.165) is 38.5 Å². The normalized spacial score (nSPS) is 29.9. The van der Waals surface area contributed by atoms with Gasteiger partial charge in [0.1, 0.15) is 0 Å². The minimum Gasteiger partial charge on any atom is -0.396 e. The highest BCUT2D eigenvalue weighted by Gasteiger charge is 2.37. The molecule has 2 rings (SSSR count). The first kappa shape index (κ1) is 15.8. The number of carbonyl (C=O) groups is 1. The molecule has 4 nitrogen and oxygen atoms in total. The van der Waals surface area contributed by atoms with Crippen LogP contribution in [0.25, 0.3) is 0 Å². The molecule has 2 atom stereocenters. The van der Waals surface area contributed by atoms with E-state index in [1.165, 1.54) is 19.3 Å². The van der Waals surface area contributed by atoms with Crippen molar-refractivity contribution in [3.8, 4) is 0 Å². The van der Waals surface area contributed by atoms with E-state index < -0.39 is 0 Å². The molecule has 2 fully saturated rings. The van der Waals surface area contributed by atoms with Crippen LogP contribution < -0.4 is 11.1 Å². The Hall–Kier alpha value is -0.610. The number of nitrogens with two attached hydrogens (primary N) is 1. The molecule has 2 unspecified atom stereocenters. The highest BCUT2D eigenvalue weighted by atomic mass is 16.3. The third-order valence-electron chi connectivity index (χ3n) is 5.51. The van der Waals surface area contributed by atoms with Gasteiger partial charge in [0.25, 0.3) is 0 Å². The molecule has 116 valence electrons. The van der Waals surface area contributed by atoms with E-state index in [1.54, 1.807) is 0 Å². The number of carbonyl (C=O) groups excluding carboxylic acids is 1. The lowest BCUT2D eigenvalue weighted by molar-refractivity contribution is -0.131. The fourth-order valence-corrected chi connectivity index (χ4v) is 3.96. The van der Waals surface area contributed by atoms with Crippen LogP contribution in [-0.2, 0) is 4.79 Å². The fourth-order valence-electron chi connectivity index (χ4n) is 3.96. The lowest BCUT2D eigenvalue weighted by Crippen LogP contribution is -2.47. The van der Waals surface area contributed by atoms with Gasteiger partial charge in [-0.2, -0.15) is 0 Å². The van der Waals surface area contributed by atoms with Gasteiger partial charge in [-0.25, -0.2) is 0 Å². The molecule has 0 saturated heterocycles. The van der Waals surface area contributed by atoms with Gasteiger partial charge in [0, 0.05) is 19.7 Å². The highest BCUT2D eigenvalue weighted by molar-refractivity contribution is 5.82. The summed E-state index contributed by atoms with van der Waals surface area (Å²) in [6.45, 7) is 1.43. The first-order valence-corrected chi connectivity index (χ1v) is 8.31. The third-order valence-corrected chi connectivity index (χ3v) is 5.51. The predicted octanol–water partition coefficient (Wildman–Crippen LogP) is 1.81. The number of hydrogen-bond donors (Lipinski definition) is 3. The van der Waals surface area contributed by atoms with Crippen molar-refractivity contribution >= 4 is 5.91 Å². The zero-order chi connectivity index (χ0) is 14.4. The van der Waals surface area contributed by atoms with E-state index in [-0.39, 0.29) is 17.9 Å². The summed E-state index contributed by atoms with van der Waals surface area (Å²) in [5.41, 5.74) is 5.62. The van der Waals surface area contributed by atoms with Crippen molar-refractivity contribution in [3.63, 3.8) is 0 Å². The summed E-state index contributed by atoms with van der Waals surface area (Å²) in [7, 11) is 0. The number of aliphatic hydroxyl groups excluding tert-OH is 1. The molecular formula is C16H30N2O2. The zero-order valence-electron chi connectivity index (χ0n) is 12.6. The Morgan fingerprint density at radius 1 is 1.10 bits per heavy atom. The molecule has 2 aliphatic carbocycles. The van der Waals surface area contributed by atoms with Crippen molar-refractivity contribution in [2.75, 3.05) is 19.7 Å². The van der Waals surface area contributed by atoms with E-state index in [9.17, 15) is 9.90 Å². The lowest BCUT2D eigenvalue weighted by Gasteiger charge is -2.31. The highest BCUT2D eigenvalue weighted by Crippen LogP contribution is 2.35. The SMILES string of the molecule is NCC1(C(=O)NCC2CCCC2CO)CCCCCC1. The Morgan fingerprint density at radius 2 is 1.75 bits per heavy atom. The first-order chi connectivity index (χ1) is 9.72. The van der Waals surface area contributed by atoms with Gasteiger partial charge in [0.05, 0.1) is 5.41 Å². The summed E-state index contributed by atoms with van der Waals surface area (Å²) in [4.78, 5) is 12.6. The molecular weight excluding hydrogens is 252 g/mol. The van der Waals surface area contributed by atoms with Crippen molar-refractivity contribution in [3.05, 3.63) is 0 Å². The predicted molar refractivity (Wildman–Crippen MR) is 80.1 cm³/mol. The van der Waals surface area contributed by atoms with Crippen LogP contribution in [0.4, 0.5) is 0 Å². The molecule has 0 heterocycles. The number of aliphatic hydroxyl groups is 1. The second kappa shape index (κ2) is 7.41. The van der Waals surface area contributed by atoms with Crippen LogP contribution in [0.15, 0.2) is 0 Å². The van der Waals surface area contributed by atoms with E-state index >= 15 is 0 Å². The maximum atomic E-state index is 12.6. The van der Waals surface area contributed by atoms with E-state index in [0.29, 0.717) is 24.9 Å². The molecule has 0 aromatic carbocycles. The number of nitrogens with one attached hydrogen (secondary N) is 1. The average molecular weight is 282 g/mol. The van der Waals surface area contributed by atoms with E-state index in [1.807, 2.05) is 0 Å². The maximum absolute atomic E-state index is 12.6. The van der Waals surface area contributed by atoms with Crippen LogP contribution in [0.2, 0.25) is 0 Å².